The fourth-order valence-corrected chi connectivity index (χ4v) is 7.80. The van der Waals surface area contributed by atoms with E-state index in [4.69, 9.17) is 14.5 Å². The number of amides is 3. The minimum Gasteiger partial charge on any atom is -0.488 e. The monoisotopic (exact) mass is 695 g/mol. The molecule has 1 saturated carbocycles. The molecule has 268 valence electrons. The van der Waals surface area contributed by atoms with E-state index in [0.29, 0.717) is 38.1 Å². The van der Waals surface area contributed by atoms with Gasteiger partial charge in [-0.15, -0.1) is 6.58 Å². The number of fused-ring (bicyclic) bond motifs is 3. The highest BCUT2D eigenvalue weighted by Gasteiger charge is 2.61. The molecular formula is C39H45N5O7. The molecule has 2 aromatic carbocycles. The molecule has 5 atom stereocenters. The first-order valence-corrected chi connectivity index (χ1v) is 18.0. The normalized spacial score (nSPS) is 27.4. The zero-order chi connectivity index (χ0) is 35.5. The van der Waals surface area contributed by atoms with Crippen molar-refractivity contribution >= 4 is 34.8 Å². The fourth-order valence-electron chi connectivity index (χ4n) is 7.80. The van der Waals surface area contributed by atoms with Crippen LogP contribution in [0.4, 0.5) is 4.79 Å². The number of ether oxygens (including phenoxy) is 2. The first-order valence-electron chi connectivity index (χ1n) is 18.0. The summed E-state index contributed by atoms with van der Waals surface area (Å²) in [6.45, 7) is 5.39. The molecule has 3 amide bonds. The summed E-state index contributed by atoms with van der Waals surface area (Å²) >= 11 is 0. The predicted molar refractivity (Wildman–Crippen MR) is 190 cm³/mol. The average molecular weight is 696 g/mol. The van der Waals surface area contributed by atoms with Crippen LogP contribution in [0.15, 0.2) is 67.3 Å². The molecule has 1 aliphatic carbocycles. The van der Waals surface area contributed by atoms with E-state index in [1.165, 1.54) is 11.0 Å². The highest BCUT2D eigenvalue weighted by Crippen LogP contribution is 2.45. The van der Waals surface area contributed by atoms with Crippen molar-refractivity contribution in [3.63, 3.8) is 0 Å². The van der Waals surface area contributed by atoms with E-state index in [1.54, 1.807) is 0 Å². The van der Waals surface area contributed by atoms with E-state index >= 15 is 0 Å². The second-order valence-corrected chi connectivity index (χ2v) is 14.2. The Morgan fingerprint density at radius 1 is 1.06 bits per heavy atom. The van der Waals surface area contributed by atoms with Crippen LogP contribution >= 0.6 is 0 Å². The fraction of sp³-hybridized carbons (Fsp3) is 0.462. The van der Waals surface area contributed by atoms with Gasteiger partial charge in [0.1, 0.15) is 29.5 Å². The minimum atomic E-state index is -1.47. The Balaban J connectivity index is 1.27. The summed E-state index contributed by atoms with van der Waals surface area (Å²) in [5, 5.41) is 19.8. The molecule has 2 saturated heterocycles. The maximum absolute atomic E-state index is 14.6. The number of alkyl carbamates (subject to hydrolysis) is 1. The predicted octanol–water partition coefficient (Wildman–Crippen LogP) is 4.22. The number of benzene rings is 2. The number of hydrogen-bond donors (Lipinski definition) is 4. The van der Waals surface area contributed by atoms with Gasteiger partial charge < -0.3 is 35.4 Å². The van der Waals surface area contributed by atoms with E-state index < -0.39 is 53.5 Å². The summed E-state index contributed by atoms with van der Waals surface area (Å²) < 4.78 is 12.3. The van der Waals surface area contributed by atoms with E-state index in [9.17, 15) is 24.3 Å². The van der Waals surface area contributed by atoms with Crippen LogP contribution < -0.4 is 20.7 Å². The van der Waals surface area contributed by atoms with Crippen LogP contribution in [0.1, 0.15) is 50.5 Å². The Hall–Kier alpha value is -4.97. The molecule has 3 aromatic rings. The van der Waals surface area contributed by atoms with Gasteiger partial charge in [-0.05, 0) is 81.6 Å². The molecule has 4 N–H and O–H groups in total. The molecule has 4 heterocycles. The summed E-state index contributed by atoms with van der Waals surface area (Å²) in [5.74, 6) is -2.16. The highest BCUT2D eigenvalue weighted by molar-refractivity contribution is 5.96. The lowest BCUT2D eigenvalue weighted by atomic mass is 9.89. The van der Waals surface area contributed by atoms with E-state index in [-0.39, 0.29) is 31.9 Å². The van der Waals surface area contributed by atoms with Crippen molar-refractivity contribution in [3.8, 4) is 17.0 Å². The van der Waals surface area contributed by atoms with Gasteiger partial charge in [-0.2, -0.15) is 0 Å². The third kappa shape index (κ3) is 7.28. The van der Waals surface area contributed by atoms with E-state index in [0.717, 1.165) is 47.0 Å². The van der Waals surface area contributed by atoms with Crippen LogP contribution in [0, 0.1) is 11.8 Å². The van der Waals surface area contributed by atoms with Crippen molar-refractivity contribution in [2.45, 2.75) is 75.1 Å². The van der Waals surface area contributed by atoms with Crippen molar-refractivity contribution in [1.29, 1.82) is 0 Å². The molecule has 3 fully saturated rings. The highest BCUT2D eigenvalue weighted by atomic mass is 16.5. The second kappa shape index (κ2) is 14.7. The van der Waals surface area contributed by atoms with Crippen LogP contribution in [-0.2, 0) is 25.5 Å². The van der Waals surface area contributed by atoms with Gasteiger partial charge in [-0.1, -0.05) is 42.5 Å². The zero-order valence-electron chi connectivity index (χ0n) is 28.6. The average Bonchev–Trinajstić information content (AvgIpc) is 3.71. The molecule has 51 heavy (non-hydrogen) atoms. The summed E-state index contributed by atoms with van der Waals surface area (Å²) in [6.07, 6.45) is 5.15. The standard InChI is InChI=1S/C39H45N5O7/c1-2-27-22-39(27,37(47)48)43-35(45)32-20-28-23-44(32)36(46)34(26-14-16-40-17-15-26)42-38(49)50-18-8-4-5-9-24-12-13-30-29(19-24)33(51-28)21-31(41-30)25-10-6-3-7-11-25/h2-3,6-7,10-13,19,21,26-28,32,34,40H,1,4-5,8-9,14-18,20,22-23H2,(H,42,49)(H,43,45)(H,47,48)/t27-,28+,32+,34?,39-/m1/s1. The molecule has 1 unspecified atom stereocenters. The maximum atomic E-state index is 14.6. The lowest BCUT2D eigenvalue weighted by molar-refractivity contribution is -0.146. The number of rotatable bonds is 6. The van der Waals surface area contributed by atoms with Gasteiger partial charge in [-0.3, -0.25) is 9.59 Å². The number of carbonyl (C=O) groups excluding carboxylic acids is 3. The van der Waals surface area contributed by atoms with Crippen molar-refractivity contribution in [2.24, 2.45) is 11.8 Å². The Morgan fingerprint density at radius 2 is 1.86 bits per heavy atom. The van der Waals surface area contributed by atoms with Crippen molar-refractivity contribution in [1.82, 2.24) is 25.8 Å². The lowest BCUT2D eigenvalue weighted by Crippen LogP contribution is -2.58. The minimum absolute atomic E-state index is 0.0598. The van der Waals surface area contributed by atoms with Crippen molar-refractivity contribution < 1.29 is 33.8 Å². The van der Waals surface area contributed by atoms with Gasteiger partial charge in [0.15, 0.2) is 0 Å². The van der Waals surface area contributed by atoms with Crippen molar-refractivity contribution in [3.05, 3.63) is 72.8 Å². The second-order valence-electron chi connectivity index (χ2n) is 14.2. The number of carbonyl (C=O) groups is 4. The number of piperidine rings is 1. The molecule has 7 rings (SSSR count). The van der Waals surface area contributed by atoms with Crippen LogP contribution in [0.2, 0.25) is 0 Å². The number of hydrogen-bond acceptors (Lipinski definition) is 8. The number of cyclic esters (lactones) is 1. The van der Waals surface area contributed by atoms with Crippen LogP contribution in [0.25, 0.3) is 22.2 Å². The third-order valence-electron chi connectivity index (χ3n) is 10.8. The molecule has 3 aliphatic heterocycles. The number of nitrogens with one attached hydrogen (secondary N) is 3. The lowest BCUT2D eigenvalue weighted by Gasteiger charge is -2.34. The SMILES string of the molecule is C=C[C@@H]1C[C@]1(NC(=O)[C@@H]1C[C@H]2CN1C(=O)C(C1CCNCC1)NC(=O)OCCCCCc1ccc3nc(-c4ccccc4)cc(c3c1)O2)C(=O)O. The van der Waals surface area contributed by atoms with Crippen LogP contribution in [0.3, 0.4) is 0 Å². The Morgan fingerprint density at radius 3 is 2.61 bits per heavy atom. The largest absolute Gasteiger partial charge is 0.488 e. The van der Waals surface area contributed by atoms with Crippen LogP contribution in [-0.4, -0.2) is 88.8 Å². The number of carboxylic acid groups (broad SMARTS) is 1. The molecular weight excluding hydrogens is 650 g/mol. The zero-order valence-corrected chi connectivity index (χ0v) is 28.6. The smallest absolute Gasteiger partial charge is 0.407 e. The van der Waals surface area contributed by atoms with E-state index in [2.05, 4.69) is 34.7 Å². The number of aryl methyl sites for hydroxylation is 1. The number of nitrogens with zero attached hydrogens (tertiary/aromatic N) is 2. The molecule has 4 aliphatic rings. The third-order valence-corrected chi connectivity index (χ3v) is 10.8. The van der Waals surface area contributed by atoms with Crippen LogP contribution in [0.5, 0.6) is 5.75 Å². The molecule has 12 heteroatoms. The number of carboxylic acids is 1. The number of pyridine rings is 1. The van der Waals surface area contributed by atoms with Gasteiger partial charge in [0, 0.05) is 29.4 Å². The van der Waals surface area contributed by atoms with Gasteiger partial charge in [0.2, 0.25) is 11.8 Å². The van der Waals surface area contributed by atoms with Crippen molar-refractivity contribution in [2.75, 3.05) is 26.2 Å². The topological polar surface area (TPSA) is 159 Å². The van der Waals surface area contributed by atoms with E-state index in [1.807, 2.05) is 42.5 Å². The van der Waals surface area contributed by atoms with Gasteiger partial charge in [-0.25, -0.2) is 14.6 Å². The summed E-state index contributed by atoms with van der Waals surface area (Å²) in [7, 11) is 0. The summed E-state index contributed by atoms with van der Waals surface area (Å²) in [5.41, 5.74) is 2.06. The quantitative estimate of drug-likeness (QED) is 0.277. The molecule has 12 nitrogen and oxygen atoms in total. The molecule has 1 aromatic heterocycles. The van der Waals surface area contributed by atoms with Gasteiger partial charge in [0.25, 0.3) is 0 Å². The number of aliphatic carboxylic acids is 1. The number of aromatic nitrogens is 1. The Kier molecular flexibility index (Phi) is 9.95. The molecule has 4 bridgehead atoms. The molecule has 0 radical (unpaired) electrons. The summed E-state index contributed by atoms with van der Waals surface area (Å²) in [4.78, 5) is 60.6. The first kappa shape index (κ1) is 34.5. The Bertz CT molecular complexity index is 1810. The van der Waals surface area contributed by atoms with Gasteiger partial charge >= 0.3 is 12.1 Å². The first-order chi connectivity index (χ1) is 24.8. The maximum Gasteiger partial charge on any atom is 0.407 e. The molecule has 0 spiro atoms. The Labute approximate surface area is 297 Å². The van der Waals surface area contributed by atoms with Gasteiger partial charge in [0.05, 0.1) is 24.4 Å². The summed E-state index contributed by atoms with van der Waals surface area (Å²) in [6, 6.07) is 15.9.